The van der Waals surface area contributed by atoms with Crippen LogP contribution in [0, 0.1) is 0 Å². The summed E-state index contributed by atoms with van der Waals surface area (Å²) in [6, 6.07) is 3.27. The Hall–Kier alpha value is -1.50. The molecule has 3 heterocycles. The molecule has 3 fully saturated rings. The van der Waals surface area contributed by atoms with Gasteiger partial charge in [-0.05, 0) is 18.6 Å². The van der Waals surface area contributed by atoms with Crippen LogP contribution in [0.25, 0.3) is 0 Å². The third-order valence-electron chi connectivity index (χ3n) is 5.51. The highest BCUT2D eigenvalue weighted by Gasteiger charge is 2.44. The molecule has 1 aromatic rings. The van der Waals surface area contributed by atoms with E-state index >= 15 is 0 Å². The van der Waals surface area contributed by atoms with Gasteiger partial charge < -0.3 is 15.3 Å². The van der Waals surface area contributed by atoms with Gasteiger partial charge in [0, 0.05) is 49.6 Å². The third-order valence-corrected chi connectivity index (χ3v) is 6.33. The lowest BCUT2D eigenvalue weighted by Crippen LogP contribution is -2.56. The van der Waals surface area contributed by atoms with E-state index in [-0.39, 0.29) is 35.6 Å². The monoisotopic (exact) mass is 383 g/mol. The first-order valence-electron chi connectivity index (χ1n) is 8.41. The van der Waals surface area contributed by atoms with E-state index in [4.69, 9.17) is 23.2 Å². The van der Waals surface area contributed by atoms with Crippen LogP contribution in [0.2, 0.25) is 10.0 Å². The Morgan fingerprint density at radius 3 is 2.68 bits per heavy atom. The number of rotatable bonds is 2. The van der Waals surface area contributed by atoms with E-state index in [0.717, 1.165) is 13.0 Å². The van der Waals surface area contributed by atoms with Crippen molar-refractivity contribution in [3.05, 3.63) is 27.7 Å². The van der Waals surface area contributed by atoms with Crippen molar-refractivity contribution in [1.82, 2.24) is 15.1 Å². The molecule has 0 spiro atoms. The topological polar surface area (TPSA) is 72.9 Å². The number of nitrogens with zero attached hydrogens (tertiary/aromatic N) is 2. The fraction of sp³-hybridized carbons (Fsp3) is 0.529. The molecule has 2 N–H and O–H groups in total. The number of phenolic OH excluding ortho intramolecular Hbond substituents is 1. The molecule has 3 aliphatic rings. The van der Waals surface area contributed by atoms with Crippen molar-refractivity contribution in [2.45, 2.75) is 30.8 Å². The first-order chi connectivity index (χ1) is 11.9. The van der Waals surface area contributed by atoms with Crippen molar-refractivity contribution >= 4 is 35.0 Å². The number of aromatic hydroxyl groups is 1. The number of halogens is 2. The fourth-order valence-electron chi connectivity index (χ4n) is 4.28. The Labute approximate surface area is 155 Å². The first kappa shape index (κ1) is 16.9. The molecule has 134 valence electrons. The van der Waals surface area contributed by atoms with E-state index in [9.17, 15) is 14.7 Å². The molecule has 0 bridgehead atoms. The number of carbonyl (C=O) groups is 2. The molecule has 3 saturated heterocycles. The van der Waals surface area contributed by atoms with E-state index in [1.165, 1.54) is 0 Å². The predicted octanol–water partition coefficient (Wildman–Crippen LogP) is 1.59. The lowest BCUT2D eigenvalue weighted by atomic mass is 9.95. The number of fused-ring (bicyclic) bond motifs is 1. The van der Waals surface area contributed by atoms with Crippen LogP contribution >= 0.6 is 23.2 Å². The van der Waals surface area contributed by atoms with Crippen LogP contribution in [0.4, 0.5) is 0 Å². The van der Waals surface area contributed by atoms with Crippen LogP contribution in [0.15, 0.2) is 12.1 Å². The second kappa shape index (κ2) is 6.34. The number of piperazine rings is 1. The van der Waals surface area contributed by atoms with Gasteiger partial charge in [0.05, 0.1) is 16.6 Å². The molecule has 1 aromatic carbocycles. The van der Waals surface area contributed by atoms with E-state index in [1.807, 2.05) is 4.90 Å². The molecule has 8 heteroatoms. The maximum absolute atomic E-state index is 12.6. The highest BCUT2D eigenvalue weighted by molar-refractivity contribution is 6.42. The van der Waals surface area contributed by atoms with Gasteiger partial charge in [-0.3, -0.25) is 14.5 Å². The molecule has 25 heavy (non-hydrogen) atoms. The molecular weight excluding hydrogens is 365 g/mol. The summed E-state index contributed by atoms with van der Waals surface area (Å²) in [6.07, 6.45) is 1.17. The van der Waals surface area contributed by atoms with Gasteiger partial charge in [-0.25, -0.2) is 0 Å². The zero-order valence-electron chi connectivity index (χ0n) is 13.5. The van der Waals surface area contributed by atoms with Gasteiger partial charge in [-0.1, -0.05) is 23.2 Å². The van der Waals surface area contributed by atoms with Crippen molar-refractivity contribution in [2.75, 3.05) is 26.2 Å². The largest absolute Gasteiger partial charge is 0.508 e. The molecule has 0 aliphatic carbocycles. The van der Waals surface area contributed by atoms with Crippen LogP contribution in [0.1, 0.15) is 24.3 Å². The molecule has 0 saturated carbocycles. The maximum Gasteiger partial charge on any atom is 0.237 e. The minimum Gasteiger partial charge on any atom is -0.508 e. The lowest BCUT2D eigenvalue weighted by molar-refractivity contribution is -0.139. The summed E-state index contributed by atoms with van der Waals surface area (Å²) < 4.78 is 0. The number of hydrogen-bond donors (Lipinski definition) is 2. The summed E-state index contributed by atoms with van der Waals surface area (Å²) in [5.41, 5.74) is 0.626. The molecule has 3 aliphatic heterocycles. The Bertz CT molecular complexity index is 742. The second-order valence-corrected chi connectivity index (χ2v) is 7.80. The quantitative estimate of drug-likeness (QED) is 0.813. The van der Waals surface area contributed by atoms with Gasteiger partial charge in [0.15, 0.2) is 0 Å². The van der Waals surface area contributed by atoms with Crippen molar-refractivity contribution < 1.29 is 14.7 Å². The van der Waals surface area contributed by atoms with Crippen LogP contribution in [-0.2, 0) is 9.59 Å². The lowest BCUT2D eigenvalue weighted by Gasteiger charge is -2.39. The summed E-state index contributed by atoms with van der Waals surface area (Å²) >= 11 is 12.4. The number of benzene rings is 1. The standard InChI is InChI=1S/C17H19Cl2N3O3/c18-12-1-2-13(23)16(17(12)19)9-3-11-7-21(8-15(25)22(11)6-9)10-4-14(24)20-5-10/h1-2,9-11,23H,3-8H2,(H,20,24)/t9-,10+,11-/m0/s1. The highest BCUT2D eigenvalue weighted by atomic mass is 35.5. The molecular formula is C17H19Cl2N3O3. The van der Waals surface area contributed by atoms with Crippen LogP contribution in [0.5, 0.6) is 5.75 Å². The van der Waals surface area contributed by atoms with Gasteiger partial charge >= 0.3 is 0 Å². The fourth-order valence-corrected chi connectivity index (χ4v) is 4.75. The Kier molecular flexibility index (Phi) is 4.30. The third kappa shape index (κ3) is 2.96. The SMILES string of the molecule is O=C1C[C@@H](N2CC(=O)N3C[C@@H](c4c(O)ccc(Cl)c4Cl)C[C@H]3C2)CN1. The van der Waals surface area contributed by atoms with E-state index in [0.29, 0.717) is 41.7 Å². The highest BCUT2D eigenvalue weighted by Crippen LogP contribution is 2.43. The van der Waals surface area contributed by atoms with E-state index in [1.54, 1.807) is 12.1 Å². The Morgan fingerprint density at radius 2 is 1.96 bits per heavy atom. The summed E-state index contributed by atoms with van der Waals surface area (Å²) in [5, 5.41) is 13.8. The smallest absolute Gasteiger partial charge is 0.237 e. The molecule has 3 atom stereocenters. The number of carbonyl (C=O) groups excluding carboxylic acids is 2. The summed E-state index contributed by atoms with van der Waals surface area (Å²) in [7, 11) is 0. The molecule has 0 radical (unpaired) electrons. The molecule has 0 unspecified atom stereocenters. The minimum atomic E-state index is -0.0385. The number of hydrogen-bond acceptors (Lipinski definition) is 4. The number of nitrogens with one attached hydrogen (secondary N) is 1. The Balaban J connectivity index is 1.54. The minimum absolute atomic E-state index is 0.0385. The van der Waals surface area contributed by atoms with Crippen molar-refractivity contribution in [2.24, 2.45) is 0 Å². The second-order valence-electron chi connectivity index (χ2n) is 7.02. The zero-order chi connectivity index (χ0) is 17.7. The number of amides is 2. The van der Waals surface area contributed by atoms with Crippen molar-refractivity contribution in [1.29, 1.82) is 0 Å². The van der Waals surface area contributed by atoms with Crippen LogP contribution in [-0.4, -0.2) is 65.0 Å². The maximum atomic E-state index is 12.6. The summed E-state index contributed by atoms with van der Waals surface area (Å²) in [4.78, 5) is 28.0. The molecule has 2 amide bonds. The van der Waals surface area contributed by atoms with Gasteiger partial charge in [0.25, 0.3) is 0 Å². The van der Waals surface area contributed by atoms with Crippen LogP contribution in [0.3, 0.4) is 0 Å². The van der Waals surface area contributed by atoms with Crippen LogP contribution < -0.4 is 5.32 Å². The summed E-state index contributed by atoms with van der Waals surface area (Å²) in [5.74, 6) is 0.188. The van der Waals surface area contributed by atoms with Crippen molar-refractivity contribution in [3.8, 4) is 5.75 Å². The van der Waals surface area contributed by atoms with Gasteiger partial charge in [-0.2, -0.15) is 0 Å². The van der Waals surface area contributed by atoms with Gasteiger partial charge in [0.2, 0.25) is 11.8 Å². The summed E-state index contributed by atoms with van der Waals surface area (Å²) in [6.45, 7) is 2.20. The van der Waals surface area contributed by atoms with Crippen molar-refractivity contribution in [3.63, 3.8) is 0 Å². The molecule has 4 rings (SSSR count). The predicted molar refractivity (Wildman–Crippen MR) is 94.0 cm³/mol. The average molecular weight is 384 g/mol. The van der Waals surface area contributed by atoms with Gasteiger partial charge in [0.1, 0.15) is 5.75 Å². The first-order valence-corrected chi connectivity index (χ1v) is 9.16. The van der Waals surface area contributed by atoms with E-state index < -0.39 is 0 Å². The van der Waals surface area contributed by atoms with E-state index in [2.05, 4.69) is 10.2 Å². The molecule has 6 nitrogen and oxygen atoms in total. The number of phenols is 1. The normalized spacial score (nSPS) is 29.8. The Morgan fingerprint density at radius 1 is 1.16 bits per heavy atom. The molecule has 0 aromatic heterocycles. The van der Waals surface area contributed by atoms with Gasteiger partial charge in [-0.15, -0.1) is 0 Å². The zero-order valence-corrected chi connectivity index (χ0v) is 15.1. The average Bonchev–Trinajstić information content (AvgIpc) is 3.18.